The molecule has 156 valence electrons. The van der Waals surface area contributed by atoms with Crippen LogP contribution >= 0.6 is 0 Å². The van der Waals surface area contributed by atoms with E-state index in [1.807, 2.05) is 0 Å². The van der Waals surface area contributed by atoms with Crippen molar-refractivity contribution in [3.05, 3.63) is 0 Å². The average Bonchev–Trinajstić information content (AvgIpc) is 2.66. The molecule has 0 heterocycles. The van der Waals surface area contributed by atoms with Gasteiger partial charge in [0.25, 0.3) is 0 Å². The maximum atomic E-state index is 5.54. The van der Waals surface area contributed by atoms with Gasteiger partial charge in [0.2, 0.25) is 9.76 Å². The molecule has 0 aromatic rings. The van der Waals surface area contributed by atoms with Crippen molar-refractivity contribution in [1.29, 1.82) is 0 Å². The number of unbranched alkanes of at least 4 members (excludes halogenated alkanes) is 6. The van der Waals surface area contributed by atoms with Crippen molar-refractivity contribution in [2.24, 2.45) is 0 Å². The van der Waals surface area contributed by atoms with Crippen molar-refractivity contribution < 1.29 is 23.4 Å². The molecule has 0 aromatic heterocycles. The molecule has 2 radical (unpaired) electrons. The molecule has 0 atom stereocenters. The molecule has 26 heavy (non-hydrogen) atoms. The number of rotatable bonds is 23. The fraction of sp³-hybridized carbons (Fsp3) is 1.00. The molecule has 0 saturated carbocycles. The molecule has 0 amide bonds. The molecular formula is C20H42O5Si. The van der Waals surface area contributed by atoms with Gasteiger partial charge in [-0.2, -0.15) is 0 Å². The zero-order valence-corrected chi connectivity index (χ0v) is 18.3. The monoisotopic (exact) mass is 390 g/mol. The second-order valence-electron chi connectivity index (χ2n) is 6.31. The molecular weight excluding hydrogens is 348 g/mol. The van der Waals surface area contributed by atoms with Gasteiger partial charge in [0.15, 0.2) is 0 Å². The van der Waals surface area contributed by atoms with Gasteiger partial charge in [-0.1, -0.05) is 58.8 Å². The van der Waals surface area contributed by atoms with E-state index < -0.39 is 0 Å². The van der Waals surface area contributed by atoms with Crippen molar-refractivity contribution in [2.45, 2.75) is 71.3 Å². The van der Waals surface area contributed by atoms with Gasteiger partial charge < -0.3 is 23.4 Å². The molecule has 0 spiro atoms. The Labute approximate surface area is 164 Å². The van der Waals surface area contributed by atoms with Gasteiger partial charge in [0.05, 0.1) is 52.9 Å². The summed E-state index contributed by atoms with van der Waals surface area (Å²) in [6, 6.07) is 1.18. The van der Waals surface area contributed by atoms with E-state index in [2.05, 4.69) is 13.8 Å². The maximum Gasteiger partial charge on any atom is 0.229 e. The van der Waals surface area contributed by atoms with Crippen LogP contribution in [-0.4, -0.2) is 69.2 Å². The lowest BCUT2D eigenvalue weighted by Gasteiger charge is -2.08. The normalized spacial score (nSPS) is 11.3. The van der Waals surface area contributed by atoms with Crippen LogP contribution in [0.4, 0.5) is 0 Å². The van der Waals surface area contributed by atoms with Gasteiger partial charge in [-0.05, 0) is 12.5 Å². The Morgan fingerprint density at radius 2 is 0.923 bits per heavy atom. The Morgan fingerprint density at radius 1 is 0.462 bits per heavy atom. The minimum Gasteiger partial charge on any atom is -0.415 e. The highest BCUT2D eigenvalue weighted by Crippen LogP contribution is 2.02. The highest BCUT2D eigenvalue weighted by atomic mass is 28.2. The average molecular weight is 391 g/mol. The van der Waals surface area contributed by atoms with Gasteiger partial charge in [-0.25, -0.2) is 0 Å². The second kappa shape index (κ2) is 25.0. The highest BCUT2D eigenvalue weighted by molar-refractivity contribution is 6.26. The molecule has 0 saturated heterocycles. The fourth-order valence-corrected chi connectivity index (χ4v) is 3.03. The summed E-state index contributed by atoms with van der Waals surface area (Å²) >= 11 is 0. The Balaban J connectivity index is 2.95. The summed E-state index contributed by atoms with van der Waals surface area (Å²) in [6.45, 7) is 10.4. The molecule has 0 aliphatic rings. The first-order valence-electron chi connectivity index (χ1n) is 10.6. The first kappa shape index (κ1) is 26.0. The summed E-state index contributed by atoms with van der Waals surface area (Å²) in [5, 5.41) is 0. The first-order valence-corrected chi connectivity index (χ1v) is 11.7. The van der Waals surface area contributed by atoms with Crippen LogP contribution in [0.3, 0.4) is 0 Å². The van der Waals surface area contributed by atoms with Crippen LogP contribution in [0.5, 0.6) is 0 Å². The summed E-state index contributed by atoms with van der Waals surface area (Å²) in [5.41, 5.74) is 0. The molecule has 0 fully saturated rings. The van der Waals surface area contributed by atoms with Crippen molar-refractivity contribution in [3.63, 3.8) is 0 Å². The van der Waals surface area contributed by atoms with E-state index in [1.165, 1.54) is 51.0 Å². The lowest BCUT2D eigenvalue weighted by molar-refractivity contribution is -0.00481. The number of hydrogen-bond donors (Lipinski definition) is 0. The SMILES string of the molecule is CCCCCCCOCCOCCOCCOCCO[Si]CCCCC. The molecule has 0 aliphatic heterocycles. The van der Waals surface area contributed by atoms with Crippen molar-refractivity contribution >= 4 is 9.76 Å². The van der Waals surface area contributed by atoms with Crippen molar-refractivity contribution in [1.82, 2.24) is 0 Å². The van der Waals surface area contributed by atoms with E-state index in [-0.39, 0.29) is 0 Å². The van der Waals surface area contributed by atoms with Crippen LogP contribution in [-0.2, 0) is 23.4 Å². The predicted octanol–water partition coefficient (Wildman–Crippen LogP) is 4.27. The van der Waals surface area contributed by atoms with Crippen LogP contribution in [0.2, 0.25) is 6.04 Å². The van der Waals surface area contributed by atoms with Gasteiger partial charge in [0.1, 0.15) is 0 Å². The summed E-state index contributed by atoms with van der Waals surface area (Å²) in [5.74, 6) is 0. The highest BCUT2D eigenvalue weighted by Gasteiger charge is 1.95. The third-order valence-corrected chi connectivity index (χ3v) is 4.79. The van der Waals surface area contributed by atoms with Gasteiger partial charge >= 0.3 is 0 Å². The summed E-state index contributed by atoms with van der Waals surface area (Å²) < 4.78 is 27.5. The first-order chi connectivity index (χ1) is 12.9. The van der Waals surface area contributed by atoms with Crippen LogP contribution in [0.1, 0.15) is 65.2 Å². The lowest BCUT2D eigenvalue weighted by atomic mass is 10.2. The molecule has 0 aromatic carbocycles. The standard InChI is InChI=1S/C20H42O5Si/c1-3-5-7-8-9-11-21-12-13-22-14-15-23-16-17-24-18-19-25-26-20-10-6-4-2/h3-20H2,1-2H3. The second-order valence-corrected chi connectivity index (χ2v) is 7.39. The lowest BCUT2D eigenvalue weighted by Crippen LogP contribution is -2.13. The predicted molar refractivity (Wildman–Crippen MR) is 108 cm³/mol. The molecule has 0 rings (SSSR count). The van der Waals surface area contributed by atoms with E-state index in [1.54, 1.807) is 0 Å². The Bertz CT molecular complexity index is 220. The molecule has 6 heteroatoms. The van der Waals surface area contributed by atoms with E-state index in [0.717, 1.165) is 13.0 Å². The quantitative estimate of drug-likeness (QED) is 0.193. The van der Waals surface area contributed by atoms with E-state index in [9.17, 15) is 0 Å². The zero-order valence-electron chi connectivity index (χ0n) is 17.3. The largest absolute Gasteiger partial charge is 0.415 e. The van der Waals surface area contributed by atoms with Crippen LogP contribution in [0.15, 0.2) is 0 Å². The maximum absolute atomic E-state index is 5.54. The number of ether oxygens (including phenoxy) is 4. The number of hydrogen-bond acceptors (Lipinski definition) is 5. The molecule has 0 unspecified atom stereocenters. The van der Waals surface area contributed by atoms with Crippen molar-refractivity contribution in [3.8, 4) is 0 Å². The van der Waals surface area contributed by atoms with Gasteiger partial charge in [-0.3, -0.25) is 0 Å². The molecule has 5 nitrogen and oxygen atoms in total. The zero-order chi connectivity index (χ0) is 19.0. The smallest absolute Gasteiger partial charge is 0.229 e. The molecule has 0 bridgehead atoms. The Morgan fingerprint density at radius 3 is 1.50 bits per heavy atom. The van der Waals surface area contributed by atoms with E-state index >= 15 is 0 Å². The summed E-state index contributed by atoms with van der Waals surface area (Å²) in [4.78, 5) is 0. The van der Waals surface area contributed by atoms with Gasteiger partial charge in [0, 0.05) is 6.61 Å². The summed E-state index contributed by atoms with van der Waals surface area (Å²) in [6.07, 6.45) is 10.2. The third-order valence-electron chi connectivity index (χ3n) is 3.82. The van der Waals surface area contributed by atoms with Crippen molar-refractivity contribution in [2.75, 3.05) is 59.5 Å². The van der Waals surface area contributed by atoms with E-state index in [4.69, 9.17) is 23.4 Å². The minimum atomic E-state index is 0.607. The van der Waals surface area contributed by atoms with Crippen LogP contribution in [0.25, 0.3) is 0 Å². The van der Waals surface area contributed by atoms with E-state index in [0.29, 0.717) is 62.6 Å². The topological polar surface area (TPSA) is 46.2 Å². The molecule has 0 N–H and O–H groups in total. The summed E-state index contributed by atoms with van der Waals surface area (Å²) in [7, 11) is 0.615. The Hall–Kier alpha value is 0.0169. The Kier molecular flexibility index (Phi) is 25.0. The van der Waals surface area contributed by atoms with Crippen LogP contribution < -0.4 is 0 Å². The van der Waals surface area contributed by atoms with Crippen LogP contribution in [0, 0.1) is 0 Å². The third kappa shape index (κ3) is 24.0. The molecule has 0 aliphatic carbocycles. The van der Waals surface area contributed by atoms with Gasteiger partial charge in [-0.15, -0.1) is 0 Å². The minimum absolute atomic E-state index is 0.607. The fourth-order valence-electron chi connectivity index (χ4n) is 2.26.